The van der Waals surface area contributed by atoms with Crippen LogP contribution < -0.4 is 0 Å². The lowest BCUT2D eigenvalue weighted by atomic mass is 10.2. The van der Waals surface area contributed by atoms with E-state index in [0.717, 1.165) is 17.9 Å². The second kappa shape index (κ2) is 5.88. The van der Waals surface area contributed by atoms with E-state index in [4.69, 9.17) is 16.4 Å². The molecule has 0 aromatic heterocycles. The van der Waals surface area contributed by atoms with Crippen molar-refractivity contribution in [1.82, 2.24) is 5.06 Å². The van der Waals surface area contributed by atoms with Crippen molar-refractivity contribution in [2.75, 3.05) is 6.61 Å². The van der Waals surface area contributed by atoms with Crippen LogP contribution >= 0.6 is 11.6 Å². The van der Waals surface area contributed by atoms with E-state index in [0.29, 0.717) is 19.4 Å². The molecule has 0 fully saturated rings. The number of carbonyl (C=O) groups excluding carboxylic acids is 2. The largest absolute Gasteiger partial charge is 0.274 e. The highest BCUT2D eigenvalue weighted by Crippen LogP contribution is 2.18. The number of hydroxylamine groups is 2. The average molecular weight is 232 g/mol. The van der Waals surface area contributed by atoms with Crippen molar-refractivity contribution in [2.24, 2.45) is 0 Å². The predicted octanol–water partition coefficient (Wildman–Crippen LogP) is 1.99. The number of hydrogen-bond donors (Lipinski definition) is 0. The van der Waals surface area contributed by atoms with Crippen LogP contribution in [0.25, 0.3) is 0 Å². The summed E-state index contributed by atoms with van der Waals surface area (Å²) < 4.78 is 0. The minimum atomic E-state index is -0.653. The Balaban J connectivity index is 2.63. The van der Waals surface area contributed by atoms with Gasteiger partial charge in [-0.2, -0.15) is 5.06 Å². The van der Waals surface area contributed by atoms with Gasteiger partial charge in [0.15, 0.2) is 0 Å². The molecule has 5 heteroatoms. The van der Waals surface area contributed by atoms with Crippen molar-refractivity contribution in [1.29, 1.82) is 0 Å². The van der Waals surface area contributed by atoms with Crippen LogP contribution in [0.4, 0.5) is 0 Å². The van der Waals surface area contributed by atoms with Crippen molar-refractivity contribution in [3.8, 4) is 0 Å². The van der Waals surface area contributed by atoms with Crippen molar-refractivity contribution >= 4 is 22.8 Å². The second-order valence-electron chi connectivity index (χ2n) is 3.28. The molecule has 84 valence electrons. The molecule has 0 aromatic carbocycles. The summed E-state index contributed by atoms with van der Waals surface area (Å²) in [7, 11) is 0. The minimum Gasteiger partial charge on any atom is -0.274 e. The van der Waals surface area contributed by atoms with E-state index in [1.807, 2.05) is 6.92 Å². The van der Waals surface area contributed by atoms with Gasteiger partial charge in [0.25, 0.3) is 11.1 Å². The summed E-state index contributed by atoms with van der Waals surface area (Å²) in [6, 6.07) is 0. The number of unbranched alkanes of at least 4 members (excludes halogenated alkanes) is 1. The van der Waals surface area contributed by atoms with Gasteiger partial charge in [-0.05, 0) is 24.4 Å². The van der Waals surface area contributed by atoms with Gasteiger partial charge in [-0.1, -0.05) is 19.4 Å². The zero-order valence-corrected chi connectivity index (χ0v) is 9.42. The minimum absolute atomic E-state index is 0.143. The number of nitrogens with zero attached hydrogens (tertiary/aromatic N) is 1. The van der Waals surface area contributed by atoms with Gasteiger partial charge in [-0.15, -0.1) is 0 Å². The Morgan fingerprint density at radius 1 is 1.67 bits per heavy atom. The first-order valence-electron chi connectivity index (χ1n) is 5.02. The molecule has 0 saturated heterocycles. The molecule has 0 saturated carbocycles. The van der Waals surface area contributed by atoms with E-state index in [9.17, 15) is 9.59 Å². The maximum atomic E-state index is 11.5. The van der Waals surface area contributed by atoms with Crippen LogP contribution in [-0.2, 0) is 14.4 Å². The maximum Gasteiger partial charge on any atom is 0.271 e. The normalized spacial score (nSPS) is 16.5. The molecular weight excluding hydrogens is 218 g/mol. The molecule has 1 aliphatic heterocycles. The summed E-state index contributed by atoms with van der Waals surface area (Å²) >= 11 is 5.35. The molecule has 0 atom stereocenters. The Morgan fingerprint density at radius 2 is 2.40 bits per heavy atom. The van der Waals surface area contributed by atoms with E-state index >= 15 is 0 Å². The molecule has 0 N–H and O–H groups in total. The van der Waals surface area contributed by atoms with Crippen LogP contribution in [-0.4, -0.2) is 22.8 Å². The van der Waals surface area contributed by atoms with E-state index in [2.05, 4.69) is 0 Å². The lowest BCUT2D eigenvalue weighted by Crippen LogP contribution is -2.35. The van der Waals surface area contributed by atoms with Crippen LogP contribution in [0.1, 0.15) is 32.6 Å². The first kappa shape index (κ1) is 12.2. The van der Waals surface area contributed by atoms with Crippen molar-refractivity contribution < 1.29 is 14.4 Å². The molecule has 15 heavy (non-hydrogen) atoms. The zero-order chi connectivity index (χ0) is 11.3. The Labute approximate surface area is 93.8 Å². The standard InChI is InChI=1S/C10H14ClNO3/c1-2-3-7-15-12-8(10(11)14)5-4-6-9(12)13/h5H,2-4,6-7H2,1H3. The predicted molar refractivity (Wildman–Crippen MR) is 55.9 cm³/mol. The smallest absolute Gasteiger partial charge is 0.271 e. The Kier molecular flexibility index (Phi) is 4.78. The Morgan fingerprint density at radius 3 is 3.00 bits per heavy atom. The molecule has 0 bridgehead atoms. The third kappa shape index (κ3) is 3.32. The molecule has 4 nitrogen and oxygen atoms in total. The first-order chi connectivity index (χ1) is 7.16. The molecule has 0 radical (unpaired) electrons. The van der Waals surface area contributed by atoms with Gasteiger partial charge in [0.1, 0.15) is 5.70 Å². The summed E-state index contributed by atoms with van der Waals surface area (Å²) in [5.74, 6) is -0.211. The fourth-order valence-electron chi connectivity index (χ4n) is 1.25. The van der Waals surface area contributed by atoms with Gasteiger partial charge >= 0.3 is 0 Å². The summed E-state index contributed by atoms with van der Waals surface area (Å²) in [6.07, 6.45) is 4.34. The summed E-state index contributed by atoms with van der Waals surface area (Å²) in [6.45, 7) is 2.44. The second-order valence-corrected chi connectivity index (χ2v) is 3.62. The fraction of sp³-hybridized carbons (Fsp3) is 0.600. The third-order valence-corrected chi connectivity index (χ3v) is 2.25. The lowest BCUT2D eigenvalue weighted by Gasteiger charge is -2.25. The zero-order valence-electron chi connectivity index (χ0n) is 8.66. The highest BCUT2D eigenvalue weighted by Gasteiger charge is 2.26. The molecule has 1 aliphatic rings. The van der Waals surface area contributed by atoms with Gasteiger partial charge in [0, 0.05) is 6.42 Å². The van der Waals surface area contributed by atoms with Gasteiger partial charge in [-0.25, -0.2) is 0 Å². The molecular formula is C10H14ClNO3. The summed E-state index contributed by atoms with van der Waals surface area (Å²) in [4.78, 5) is 27.7. The number of amides is 1. The summed E-state index contributed by atoms with van der Waals surface area (Å²) in [5.41, 5.74) is 0.143. The highest BCUT2D eigenvalue weighted by molar-refractivity contribution is 6.67. The molecule has 1 heterocycles. The van der Waals surface area contributed by atoms with Gasteiger partial charge in [0.05, 0.1) is 6.61 Å². The number of allylic oxidation sites excluding steroid dienone is 2. The first-order valence-corrected chi connectivity index (χ1v) is 5.40. The number of carbonyl (C=O) groups is 2. The van der Waals surface area contributed by atoms with Crippen LogP contribution in [0.3, 0.4) is 0 Å². The molecule has 0 spiro atoms. The molecule has 0 aromatic rings. The molecule has 1 rings (SSSR count). The van der Waals surface area contributed by atoms with Crippen LogP contribution in [0.15, 0.2) is 11.8 Å². The summed E-state index contributed by atoms with van der Waals surface area (Å²) in [5, 5.41) is 0.369. The maximum absolute atomic E-state index is 11.5. The average Bonchev–Trinajstić information content (AvgIpc) is 2.20. The molecule has 0 aliphatic carbocycles. The molecule has 1 amide bonds. The number of halogens is 1. The molecule has 0 unspecified atom stereocenters. The van der Waals surface area contributed by atoms with Crippen molar-refractivity contribution in [3.05, 3.63) is 11.8 Å². The van der Waals surface area contributed by atoms with E-state index in [-0.39, 0.29) is 11.6 Å². The Bertz CT molecular complexity index is 288. The number of hydrogen-bond acceptors (Lipinski definition) is 3. The van der Waals surface area contributed by atoms with Crippen LogP contribution in [0.2, 0.25) is 0 Å². The van der Waals surface area contributed by atoms with Gasteiger partial charge < -0.3 is 0 Å². The highest BCUT2D eigenvalue weighted by atomic mass is 35.5. The van der Waals surface area contributed by atoms with E-state index < -0.39 is 5.24 Å². The number of rotatable bonds is 5. The van der Waals surface area contributed by atoms with Gasteiger partial charge in [0.2, 0.25) is 0 Å². The lowest BCUT2D eigenvalue weighted by molar-refractivity contribution is -0.177. The SMILES string of the molecule is CCCCON1C(=O)CCC=C1C(=O)Cl. The topological polar surface area (TPSA) is 46.6 Å². The van der Waals surface area contributed by atoms with E-state index in [1.165, 1.54) is 0 Å². The van der Waals surface area contributed by atoms with E-state index in [1.54, 1.807) is 6.08 Å². The Hall–Kier alpha value is -0.870. The van der Waals surface area contributed by atoms with Gasteiger partial charge in [-0.3, -0.25) is 14.4 Å². The quantitative estimate of drug-likeness (QED) is 0.537. The van der Waals surface area contributed by atoms with Crippen molar-refractivity contribution in [2.45, 2.75) is 32.6 Å². The monoisotopic (exact) mass is 231 g/mol. The van der Waals surface area contributed by atoms with Crippen LogP contribution in [0.5, 0.6) is 0 Å². The third-order valence-electron chi connectivity index (χ3n) is 2.06. The fourth-order valence-corrected chi connectivity index (χ4v) is 1.41. The van der Waals surface area contributed by atoms with Crippen LogP contribution in [0, 0.1) is 0 Å². The van der Waals surface area contributed by atoms with Crippen molar-refractivity contribution in [3.63, 3.8) is 0 Å².